The van der Waals surface area contributed by atoms with E-state index in [1.54, 1.807) is 6.07 Å². The van der Waals surface area contributed by atoms with Gasteiger partial charge in [-0.15, -0.1) is 20.1 Å². The number of aliphatic hydroxyl groups is 1. The van der Waals surface area contributed by atoms with E-state index >= 15 is 0 Å². The Morgan fingerprint density at radius 1 is 1.33 bits per heavy atom. The molecular weight excluding hydrogens is 374 g/mol. The second-order valence-corrected chi connectivity index (χ2v) is 6.71. The van der Waals surface area contributed by atoms with Crippen LogP contribution in [0.3, 0.4) is 0 Å². The number of nitrogens with zero attached hydrogens (tertiary/aromatic N) is 1. The molecule has 0 spiro atoms. The van der Waals surface area contributed by atoms with Crippen LogP contribution < -0.4 is 14.8 Å². The summed E-state index contributed by atoms with van der Waals surface area (Å²) in [5, 5.41) is 14.4. The molecule has 1 aromatic heterocycles. The first kappa shape index (κ1) is 19.1. The van der Waals surface area contributed by atoms with Crippen molar-refractivity contribution in [3.8, 4) is 11.5 Å². The van der Waals surface area contributed by atoms with E-state index in [0.29, 0.717) is 34.1 Å². The number of hydrogen-bond donors (Lipinski definition) is 2. The van der Waals surface area contributed by atoms with Crippen LogP contribution in [0.15, 0.2) is 48.4 Å². The lowest BCUT2D eigenvalue weighted by molar-refractivity contribution is -0.286. The van der Waals surface area contributed by atoms with Gasteiger partial charge >= 0.3 is 6.29 Å². The Morgan fingerprint density at radius 3 is 2.81 bits per heavy atom. The molecule has 2 N–H and O–H groups in total. The molecule has 0 aliphatic carbocycles. The lowest BCUT2D eigenvalue weighted by Gasteiger charge is -2.08. The molecule has 0 radical (unpaired) electrons. The van der Waals surface area contributed by atoms with E-state index in [1.165, 1.54) is 23.5 Å². The van der Waals surface area contributed by atoms with E-state index < -0.39 is 6.29 Å². The van der Waals surface area contributed by atoms with Crippen molar-refractivity contribution in [2.45, 2.75) is 13.2 Å². The third-order valence-electron chi connectivity index (χ3n) is 3.84. The van der Waals surface area contributed by atoms with Gasteiger partial charge in [0.2, 0.25) is 0 Å². The maximum atomic E-state index is 13.2. The molecular formula is C19H18F2N2O3S. The normalized spacial score (nSPS) is 14.9. The molecule has 0 amide bonds. The van der Waals surface area contributed by atoms with E-state index in [1.807, 2.05) is 18.4 Å². The van der Waals surface area contributed by atoms with Crippen molar-refractivity contribution in [2.75, 3.05) is 18.5 Å². The number of thiazole rings is 1. The van der Waals surface area contributed by atoms with Gasteiger partial charge < -0.3 is 19.9 Å². The summed E-state index contributed by atoms with van der Waals surface area (Å²) in [5.74, 6) is -0.0302. The maximum absolute atomic E-state index is 13.2. The van der Waals surface area contributed by atoms with Crippen LogP contribution in [0.4, 0.5) is 13.9 Å². The number of alkyl halides is 2. The number of fused-ring (bicyclic) bond motifs is 1. The minimum Gasteiger partial charge on any atom is -0.395 e. The van der Waals surface area contributed by atoms with Gasteiger partial charge in [0.05, 0.1) is 12.3 Å². The minimum absolute atomic E-state index is 0.00651. The van der Waals surface area contributed by atoms with E-state index in [4.69, 9.17) is 5.11 Å². The summed E-state index contributed by atoms with van der Waals surface area (Å²) in [4.78, 5) is 4.40. The van der Waals surface area contributed by atoms with Crippen LogP contribution in [0.2, 0.25) is 0 Å². The van der Waals surface area contributed by atoms with Crippen LogP contribution >= 0.6 is 11.3 Å². The van der Waals surface area contributed by atoms with Crippen LogP contribution in [-0.4, -0.2) is 29.5 Å². The van der Waals surface area contributed by atoms with E-state index in [2.05, 4.69) is 32.9 Å². The van der Waals surface area contributed by atoms with Crippen molar-refractivity contribution in [1.82, 2.24) is 4.98 Å². The summed E-state index contributed by atoms with van der Waals surface area (Å²) in [6.45, 7) is 10.3. The van der Waals surface area contributed by atoms with Crippen molar-refractivity contribution >= 4 is 27.6 Å². The Hall–Kier alpha value is -2.71. The number of allylic oxidation sites excluding steroid dienone is 4. The van der Waals surface area contributed by atoms with Crippen LogP contribution in [0.1, 0.15) is 18.2 Å². The molecule has 1 aromatic carbocycles. The zero-order valence-electron chi connectivity index (χ0n) is 14.6. The highest BCUT2D eigenvalue weighted by atomic mass is 32.1. The maximum Gasteiger partial charge on any atom is 0.586 e. The molecule has 3 rings (SSSR count). The summed E-state index contributed by atoms with van der Waals surface area (Å²) in [7, 11) is 0. The van der Waals surface area contributed by atoms with Crippen LogP contribution in [0, 0.1) is 0 Å². The molecule has 0 saturated heterocycles. The number of benzene rings is 1. The van der Waals surface area contributed by atoms with Gasteiger partial charge in [0.25, 0.3) is 0 Å². The molecule has 2 heterocycles. The molecule has 27 heavy (non-hydrogen) atoms. The van der Waals surface area contributed by atoms with Crippen molar-refractivity contribution < 1.29 is 23.4 Å². The topological polar surface area (TPSA) is 63.6 Å². The van der Waals surface area contributed by atoms with Crippen molar-refractivity contribution in [1.29, 1.82) is 0 Å². The zero-order valence-corrected chi connectivity index (χ0v) is 15.4. The van der Waals surface area contributed by atoms with Gasteiger partial charge in [-0.1, -0.05) is 19.2 Å². The summed E-state index contributed by atoms with van der Waals surface area (Å²) in [6, 6.07) is 4.54. The Morgan fingerprint density at radius 2 is 2.07 bits per heavy atom. The molecule has 5 nitrogen and oxygen atoms in total. The molecule has 0 saturated carbocycles. The second-order valence-electron chi connectivity index (χ2n) is 5.85. The van der Waals surface area contributed by atoms with E-state index in [0.717, 1.165) is 5.57 Å². The molecule has 0 fully saturated rings. The molecule has 142 valence electrons. The molecule has 0 bridgehead atoms. The monoisotopic (exact) mass is 392 g/mol. The fraction of sp³-hybridized carbons (Fsp3) is 0.211. The summed E-state index contributed by atoms with van der Waals surface area (Å²) in [6.07, 6.45) is -1.82. The number of aliphatic hydroxyl groups excluding tert-OH is 1. The molecule has 0 unspecified atom stereocenters. The average molecular weight is 392 g/mol. The minimum atomic E-state index is -3.64. The van der Waals surface area contributed by atoms with Gasteiger partial charge in [-0.05, 0) is 47.4 Å². The number of ether oxygens (including phenoxy) is 2. The Balaban J connectivity index is 1.73. The molecule has 0 atom stereocenters. The lowest BCUT2D eigenvalue weighted by atomic mass is 9.98. The van der Waals surface area contributed by atoms with E-state index in [9.17, 15) is 8.78 Å². The Bertz CT molecular complexity index is 921. The largest absolute Gasteiger partial charge is 0.586 e. The van der Waals surface area contributed by atoms with Crippen molar-refractivity contribution in [3.05, 3.63) is 59.6 Å². The number of rotatable bonds is 7. The predicted octanol–water partition coefficient (Wildman–Crippen LogP) is 4.54. The molecule has 1 aliphatic heterocycles. The number of nitrogens with one attached hydrogen (secondary N) is 1. The summed E-state index contributed by atoms with van der Waals surface area (Å²) >= 11 is 1.42. The van der Waals surface area contributed by atoms with Crippen molar-refractivity contribution in [3.63, 3.8) is 0 Å². The highest BCUT2D eigenvalue weighted by molar-refractivity contribution is 7.13. The number of hydrogen-bond acceptors (Lipinski definition) is 6. The summed E-state index contributed by atoms with van der Waals surface area (Å²) < 4.78 is 35.2. The van der Waals surface area contributed by atoms with Crippen LogP contribution in [-0.2, 0) is 0 Å². The Kier molecular flexibility index (Phi) is 5.29. The Labute approximate surface area is 159 Å². The molecule has 1 aliphatic rings. The highest BCUT2D eigenvalue weighted by Crippen LogP contribution is 2.42. The third-order valence-corrected chi connectivity index (χ3v) is 4.64. The van der Waals surface area contributed by atoms with Gasteiger partial charge in [0.15, 0.2) is 16.6 Å². The van der Waals surface area contributed by atoms with E-state index in [-0.39, 0.29) is 18.1 Å². The van der Waals surface area contributed by atoms with Gasteiger partial charge in [0.1, 0.15) is 0 Å². The van der Waals surface area contributed by atoms with Gasteiger partial charge in [0, 0.05) is 11.9 Å². The third kappa shape index (κ3) is 4.35. The number of aromatic nitrogens is 1. The second kappa shape index (κ2) is 7.50. The fourth-order valence-corrected chi connectivity index (χ4v) is 3.22. The number of anilines is 1. The van der Waals surface area contributed by atoms with Crippen LogP contribution in [0.25, 0.3) is 11.1 Å². The molecule has 2 aromatic rings. The lowest BCUT2D eigenvalue weighted by Crippen LogP contribution is -2.25. The first-order valence-electron chi connectivity index (χ1n) is 8.06. The van der Waals surface area contributed by atoms with Gasteiger partial charge in [-0.2, -0.15) is 0 Å². The fourth-order valence-electron chi connectivity index (χ4n) is 2.45. The zero-order chi connectivity index (χ0) is 19.6. The first-order valence-corrected chi connectivity index (χ1v) is 8.94. The standard InChI is InChI=1S/C19H18F2N2O3S/c1-11(8-12(2)15-10-27-18(23-15)22-6-7-24)13(3)14-4-5-16-17(9-14)26-19(20,21)25-16/h4-5,8-10,24H,2-3,6-7H2,1H3,(H,22,23)/b11-8+. The molecule has 8 heteroatoms. The SMILES string of the molecule is C=C(/C(C)=C/C(=C)c1csc(NCCO)n1)c1ccc2c(c1)OC(F)(F)O2. The first-order chi connectivity index (χ1) is 12.8. The van der Waals surface area contributed by atoms with Crippen molar-refractivity contribution in [2.24, 2.45) is 0 Å². The quantitative estimate of drug-likeness (QED) is 0.678. The van der Waals surface area contributed by atoms with Gasteiger partial charge in [-0.3, -0.25) is 0 Å². The van der Waals surface area contributed by atoms with Gasteiger partial charge in [-0.25, -0.2) is 4.98 Å². The predicted molar refractivity (Wildman–Crippen MR) is 102 cm³/mol. The smallest absolute Gasteiger partial charge is 0.395 e. The summed E-state index contributed by atoms with van der Waals surface area (Å²) in [5.41, 5.74) is 3.49. The average Bonchev–Trinajstić information content (AvgIpc) is 3.20. The van der Waals surface area contributed by atoms with Crippen LogP contribution in [0.5, 0.6) is 11.5 Å². The highest BCUT2D eigenvalue weighted by Gasteiger charge is 2.43. The number of halogens is 2.